The number of aromatic nitrogens is 2. The highest BCUT2D eigenvalue weighted by Gasteiger charge is 2.45. The molecule has 6 nitrogen and oxygen atoms in total. The summed E-state index contributed by atoms with van der Waals surface area (Å²) in [4.78, 5) is 9.27. The number of thiocarbonyl (C=S) groups is 1. The first-order valence-electron chi connectivity index (χ1n) is 10.1. The van der Waals surface area contributed by atoms with Gasteiger partial charge >= 0.3 is 0 Å². The van der Waals surface area contributed by atoms with E-state index in [1.54, 1.807) is 24.5 Å². The second-order valence-corrected chi connectivity index (χ2v) is 9.57. The smallest absolute Gasteiger partial charge is 0.242 e. The van der Waals surface area contributed by atoms with Crippen molar-refractivity contribution in [2.45, 2.75) is 49.3 Å². The fourth-order valence-electron chi connectivity index (χ4n) is 4.35. The second-order valence-electron chi connectivity index (χ2n) is 7.39. The van der Waals surface area contributed by atoms with Gasteiger partial charge in [-0.15, -0.1) is 0 Å². The van der Waals surface area contributed by atoms with Crippen LogP contribution in [0.5, 0.6) is 0 Å². The highest BCUT2D eigenvalue weighted by molar-refractivity contribution is 7.89. The summed E-state index contributed by atoms with van der Waals surface area (Å²) in [7, 11) is -3.57. The maximum Gasteiger partial charge on any atom is 0.242 e. The molecule has 2 aromatic rings. The minimum atomic E-state index is -3.57. The van der Waals surface area contributed by atoms with Crippen LogP contribution < -0.4 is 10.0 Å². The van der Waals surface area contributed by atoms with Gasteiger partial charge in [0.15, 0.2) is 0 Å². The minimum Gasteiger partial charge on any atom is -0.379 e. The van der Waals surface area contributed by atoms with E-state index in [0.717, 1.165) is 42.8 Å². The monoisotopic (exact) mass is 432 g/mol. The van der Waals surface area contributed by atoms with Gasteiger partial charge in [0.05, 0.1) is 4.99 Å². The molecule has 0 amide bonds. The zero-order valence-corrected chi connectivity index (χ0v) is 18.3. The summed E-state index contributed by atoms with van der Waals surface area (Å²) < 4.78 is 27.8. The maximum absolute atomic E-state index is 12.5. The molecule has 2 N–H and O–H groups in total. The lowest BCUT2D eigenvalue weighted by molar-refractivity contribution is 0.238. The molecule has 0 spiro atoms. The first-order chi connectivity index (χ1) is 14.0. The number of rotatable bonds is 8. The standard InChI is InChI=1S/C21H28N4O2S2/c1-2-24-20(28)21(18-8-5-12-22-15-18)11-4-3-7-17(21)10-14-25-29(26,27)19-9-6-13-23-16-19/h5-6,8-9,12-13,15-17,25H,2-4,7,10-11,14H2,1H3,(H,24,28)/t17-,21+/m0/s1. The molecule has 2 atom stereocenters. The number of likely N-dealkylation sites (N-methyl/N-ethyl adjacent to an activating group) is 1. The Hall–Kier alpha value is -1.90. The van der Waals surface area contributed by atoms with E-state index in [1.807, 2.05) is 19.2 Å². The fourth-order valence-corrected chi connectivity index (χ4v) is 5.89. The third kappa shape index (κ3) is 4.82. The van der Waals surface area contributed by atoms with Gasteiger partial charge in [0.1, 0.15) is 4.90 Å². The van der Waals surface area contributed by atoms with Crippen LogP contribution in [0.4, 0.5) is 0 Å². The number of hydrogen-bond donors (Lipinski definition) is 2. The lowest BCUT2D eigenvalue weighted by Gasteiger charge is -2.45. The molecule has 2 aromatic heterocycles. The minimum absolute atomic E-state index is 0.185. The lowest BCUT2D eigenvalue weighted by atomic mass is 9.61. The Morgan fingerprint density at radius 2 is 1.97 bits per heavy atom. The molecule has 1 fully saturated rings. The largest absolute Gasteiger partial charge is 0.379 e. The van der Waals surface area contributed by atoms with Gasteiger partial charge in [-0.2, -0.15) is 0 Å². The molecular weight excluding hydrogens is 404 g/mol. The van der Waals surface area contributed by atoms with Crippen molar-refractivity contribution in [3.05, 3.63) is 54.6 Å². The molecule has 0 saturated heterocycles. The summed E-state index contributed by atoms with van der Waals surface area (Å²) >= 11 is 5.86. The Balaban J connectivity index is 1.81. The number of pyridine rings is 2. The van der Waals surface area contributed by atoms with Gasteiger partial charge in [-0.1, -0.05) is 31.1 Å². The SMILES string of the molecule is CCNC(=S)[C@]1(c2cccnc2)CCCC[C@H]1CCNS(=O)(=O)c1cccnc1. The van der Waals surface area contributed by atoms with E-state index in [0.29, 0.717) is 13.0 Å². The van der Waals surface area contributed by atoms with Crippen LogP contribution in [0.25, 0.3) is 0 Å². The molecule has 0 aliphatic heterocycles. The molecule has 0 radical (unpaired) electrons. The molecule has 1 aliphatic rings. The average Bonchev–Trinajstić information content (AvgIpc) is 2.75. The molecular formula is C21H28N4O2S2. The summed E-state index contributed by atoms with van der Waals surface area (Å²) in [5.41, 5.74) is 0.809. The molecule has 8 heteroatoms. The summed E-state index contributed by atoms with van der Waals surface area (Å²) in [6.45, 7) is 3.17. The summed E-state index contributed by atoms with van der Waals surface area (Å²) in [6.07, 6.45) is 11.5. The van der Waals surface area contributed by atoms with Crippen LogP contribution in [0, 0.1) is 5.92 Å². The molecule has 3 rings (SSSR count). The topological polar surface area (TPSA) is 84.0 Å². The van der Waals surface area contributed by atoms with Crippen LogP contribution in [0.15, 0.2) is 53.9 Å². The fraction of sp³-hybridized carbons (Fsp3) is 0.476. The summed E-state index contributed by atoms with van der Waals surface area (Å²) in [5.74, 6) is 0.239. The van der Waals surface area contributed by atoms with E-state index >= 15 is 0 Å². The quantitative estimate of drug-likeness (QED) is 0.623. The Labute approximate surface area is 178 Å². The summed E-state index contributed by atoms with van der Waals surface area (Å²) in [5, 5.41) is 3.37. The highest BCUT2D eigenvalue weighted by Crippen LogP contribution is 2.46. The van der Waals surface area contributed by atoms with E-state index in [9.17, 15) is 8.42 Å². The van der Waals surface area contributed by atoms with Crippen LogP contribution in [-0.4, -0.2) is 36.5 Å². The van der Waals surface area contributed by atoms with E-state index in [2.05, 4.69) is 26.1 Å². The van der Waals surface area contributed by atoms with Gasteiger partial charge in [0.25, 0.3) is 0 Å². The first-order valence-corrected chi connectivity index (χ1v) is 12.0. The van der Waals surface area contributed by atoms with E-state index in [-0.39, 0.29) is 16.2 Å². The average molecular weight is 433 g/mol. The first kappa shape index (κ1) is 21.8. The number of hydrogen-bond acceptors (Lipinski definition) is 5. The Bertz CT molecular complexity index is 907. The lowest BCUT2D eigenvalue weighted by Crippen LogP contribution is -2.51. The summed E-state index contributed by atoms with van der Waals surface area (Å²) in [6, 6.07) is 7.21. The van der Waals surface area contributed by atoms with Gasteiger partial charge in [-0.3, -0.25) is 9.97 Å². The molecule has 29 heavy (non-hydrogen) atoms. The normalized spacial score (nSPS) is 22.2. The van der Waals surface area contributed by atoms with E-state index in [1.165, 1.54) is 6.20 Å². The third-order valence-electron chi connectivity index (χ3n) is 5.72. The van der Waals surface area contributed by atoms with Gasteiger partial charge < -0.3 is 5.32 Å². The van der Waals surface area contributed by atoms with Crippen LogP contribution in [0.2, 0.25) is 0 Å². The molecule has 1 aliphatic carbocycles. The zero-order chi connectivity index (χ0) is 20.7. The molecule has 156 valence electrons. The molecule has 0 bridgehead atoms. The van der Waals surface area contributed by atoms with Crippen molar-refractivity contribution in [3.63, 3.8) is 0 Å². The Kier molecular flexibility index (Phi) is 7.32. The van der Waals surface area contributed by atoms with Crippen molar-refractivity contribution < 1.29 is 8.42 Å². The van der Waals surface area contributed by atoms with Crippen LogP contribution in [0.1, 0.15) is 44.6 Å². The van der Waals surface area contributed by atoms with Crippen molar-refractivity contribution in [1.82, 2.24) is 20.0 Å². The van der Waals surface area contributed by atoms with Gasteiger partial charge in [-0.25, -0.2) is 13.1 Å². The number of nitrogens with one attached hydrogen (secondary N) is 2. The van der Waals surface area contributed by atoms with Crippen molar-refractivity contribution in [2.24, 2.45) is 5.92 Å². The van der Waals surface area contributed by atoms with Gasteiger partial charge in [0, 0.05) is 43.3 Å². The molecule has 0 aromatic carbocycles. The number of sulfonamides is 1. The molecule has 0 unspecified atom stereocenters. The van der Waals surface area contributed by atoms with Crippen molar-refractivity contribution in [3.8, 4) is 0 Å². The zero-order valence-electron chi connectivity index (χ0n) is 16.7. The second kappa shape index (κ2) is 9.73. The van der Waals surface area contributed by atoms with E-state index in [4.69, 9.17) is 12.2 Å². The Morgan fingerprint density at radius 1 is 1.21 bits per heavy atom. The van der Waals surface area contributed by atoms with E-state index < -0.39 is 10.0 Å². The van der Waals surface area contributed by atoms with Crippen LogP contribution >= 0.6 is 12.2 Å². The van der Waals surface area contributed by atoms with Crippen LogP contribution in [-0.2, 0) is 15.4 Å². The number of nitrogens with zero attached hydrogens (tertiary/aromatic N) is 2. The molecule has 1 saturated carbocycles. The van der Waals surface area contributed by atoms with Crippen molar-refractivity contribution in [1.29, 1.82) is 0 Å². The maximum atomic E-state index is 12.5. The van der Waals surface area contributed by atoms with Crippen LogP contribution in [0.3, 0.4) is 0 Å². The molecule has 2 heterocycles. The predicted octanol–water partition coefficient (Wildman–Crippen LogP) is 3.21. The van der Waals surface area contributed by atoms with Crippen molar-refractivity contribution in [2.75, 3.05) is 13.1 Å². The van der Waals surface area contributed by atoms with Gasteiger partial charge in [-0.05, 0) is 55.9 Å². The van der Waals surface area contributed by atoms with Crippen molar-refractivity contribution >= 4 is 27.2 Å². The third-order valence-corrected chi connectivity index (χ3v) is 7.67. The predicted molar refractivity (Wildman–Crippen MR) is 118 cm³/mol. The van der Waals surface area contributed by atoms with Gasteiger partial charge in [0.2, 0.25) is 10.0 Å². The Morgan fingerprint density at radius 3 is 2.62 bits per heavy atom. The highest BCUT2D eigenvalue weighted by atomic mass is 32.2.